The van der Waals surface area contributed by atoms with Crippen LogP contribution >= 0.6 is 0 Å². The zero-order valence-corrected chi connectivity index (χ0v) is 9.24. The molecule has 90 valence electrons. The third-order valence-corrected chi connectivity index (χ3v) is 2.74. The van der Waals surface area contributed by atoms with Crippen LogP contribution in [0.15, 0.2) is 6.07 Å². The Balaban J connectivity index is 3.05. The summed E-state index contributed by atoms with van der Waals surface area (Å²) in [5.74, 6) is 1.93. The highest BCUT2D eigenvalue weighted by molar-refractivity contribution is 5.94. The van der Waals surface area contributed by atoms with E-state index in [-0.39, 0.29) is 16.6 Å². The number of anilines is 1. The molecule has 1 aromatic heterocycles. The first-order valence-corrected chi connectivity index (χ1v) is 4.88. The zero-order chi connectivity index (χ0) is 12.7. The average molecular weight is 241 g/mol. The molecule has 6 heteroatoms. The van der Waals surface area contributed by atoms with E-state index in [2.05, 4.69) is 10.4 Å². The van der Waals surface area contributed by atoms with E-state index in [4.69, 9.17) is 5.84 Å². The first-order chi connectivity index (χ1) is 7.97. The SMILES string of the molecule is Cc1nc2c(F)c(F)cc(F)c2c(NN)c1C. The van der Waals surface area contributed by atoms with E-state index in [0.29, 0.717) is 17.3 Å². The van der Waals surface area contributed by atoms with Gasteiger partial charge in [-0.3, -0.25) is 5.84 Å². The van der Waals surface area contributed by atoms with Crippen LogP contribution in [0, 0.1) is 31.3 Å². The van der Waals surface area contributed by atoms with Crippen molar-refractivity contribution in [2.75, 3.05) is 5.43 Å². The topological polar surface area (TPSA) is 50.9 Å². The number of nitrogen functional groups attached to an aromatic ring is 1. The molecule has 1 aromatic carbocycles. The number of nitrogens with zero attached hydrogens (tertiary/aromatic N) is 1. The minimum atomic E-state index is -1.27. The van der Waals surface area contributed by atoms with Crippen LogP contribution < -0.4 is 11.3 Å². The lowest BCUT2D eigenvalue weighted by Crippen LogP contribution is -2.11. The number of fused-ring (bicyclic) bond motifs is 1. The number of nitrogens with two attached hydrogens (primary N) is 1. The fourth-order valence-corrected chi connectivity index (χ4v) is 1.73. The number of hydrazine groups is 1. The molecule has 0 atom stereocenters. The van der Waals surface area contributed by atoms with Crippen molar-refractivity contribution in [2.45, 2.75) is 13.8 Å². The first kappa shape index (κ1) is 11.7. The van der Waals surface area contributed by atoms with Crippen LogP contribution in [0.4, 0.5) is 18.9 Å². The van der Waals surface area contributed by atoms with E-state index in [0.717, 1.165) is 0 Å². The molecule has 0 fully saturated rings. The predicted octanol–water partition coefficient (Wildman–Crippen LogP) is 2.55. The van der Waals surface area contributed by atoms with E-state index in [1.165, 1.54) is 0 Å². The average Bonchev–Trinajstić information content (AvgIpc) is 2.28. The molecule has 0 aliphatic heterocycles. The summed E-state index contributed by atoms with van der Waals surface area (Å²) in [5.41, 5.74) is 3.19. The van der Waals surface area contributed by atoms with Crippen LogP contribution in [0.2, 0.25) is 0 Å². The molecule has 0 spiro atoms. The lowest BCUT2D eigenvalue weighted by Gasteiger charge is -2.12. The number of aromatic nitrogens is 1. The van der Waals surface area contributed by atoms with Gasteiger partial charge in [-0.1, -0.05) is 0 Å². The Bertz CT molecular complexity index is 611. The summed E-state index contributed by atoms with van der Waals surface area (Å²) in [5, 5.41) is -0.144. The largest absolute Gasteiger partial charge is 0.323 e. The highest BCUT2D eigenvalue weighted by atomic mass is 19.2. The highest BCUT2D eigenvalue weighted by Crippen LogP contribution is 2.31. The Kier molecular flexibility index (Phi) is 2.66. The summed E-state index contributed by atoms with van der Waals surface area (Å²) in [7, 11) is 0. The van der Waals surface area contributed by atoms with Crippen molar-refractivity contribution in [1.82, 2.24) is 4.98 Å². The van der Waals surface area contributed by atoms with E-state index < -0.39 is 17.5 Å². The second kappa shape index (κ2) is 3.89. The normalized spacial score (nSPS) is 10.9. The summed E-state index contributed by atoms with van der Waals surface area (Å²) in [6, 6.07) is 0.481. The lowest BCUT2D eigenvalue weighted by atomic mass is 10.1. The van der Waals surface area contributed by atoms with E-state index in [1.807, 2.05) is 0 Å². The maximum atomic E-state index is 13.6. The van der Waals surface area contributed by atoms with Gasteiger partial charge in [0.2, 0.25) is 0 Å². The lowest BCUT2D eigenvalue weighted by molar-refractivity contribution is 0.504. The summed E-state index contributed by atoms with van der Waals surface area (Å²) < 4.78 is 40.2. The molecular formula is C11H10F3N3. The molecule has 3 N–H and O–H groups in total. The molecule has 0 bridgehead atoms. The van der Waals surface area contributed by atoms with Gasteiger partial charge in [0.1, 0.15) is 11.3 Å². The summed E-state index contributed by atoms with van der Waals surface area (Å²) in [4.78, 5) is 3.85. The Morgan fingerprint density at radius 2 is 1.82 bits per heavy atom. The molecule has 0 amide bonds. The van der Waals surface area contributed by atoms with Crippen molar-refractivity contribution in [3.63, 3.8) is 0 Å². The second-order valence-corrected chi connectivity index (χ2v) is 3.72. The standard InChI is InChI=1S/C11H10F3N3/c1-4-5(2)16-11-8(10(4)17-15)6(12)3-7(13)9(11)14/h3H,15H2,1-2H3,(H,16,17). The fourth-order valence-electron chi connectivity index (χ4n) is 1.73. The van der Waals surface area contributed by atoms with Crippen molar-refractivity contribution >= 4 is 16.6 Å². The molecule has 0 radical (unpaired) electrons. The van der Waals surface area contributed by atoms with Crippen LogP contribution in [-0.4, -0.2) is 4.98 Å². The number of halogens is 3. The smallest absolute Gasteiger partial charge is 0.185 e. The zero-order valence-electron chi connectivity index (χ0n) is 9.24. The van der Waals surface area contributed by atoms with Crippen molar-refractivity contribution in [3.8, 4) is 0 Å². The minimum Gasteiger partial charge on any atom is -0.323 e. The first-order valence-electron chi connectivity index (χ1n) is 4.88. The molecule has 2 rings (SSSR count). The molecule has 3 nitrogen and oxygen atoms in total. The van der Waals surface area contributed by atoms with Crippen LogP contribution in [0.1, 0.15) is 11.3 Å². The minimum absolute atomic E-state index is 0.144. The second-order valence-electron chi connectivity index (χ2n) is 3.72. The molecule has 0 unspecified atom stereocenters. The third-order valence-electron chi connectivity index (χ3n) is 2.74. The maximum Gasteiger partial charge on any atom is 0.185 e. The Hall–Kier alpha value is -1.82. The van der Waals surface area contributed by atoms with Crippen molar-refractivity contribution in [1.29, 1.82) is 0 Å². The van der Waals surface area contributed by atoms with Gasteiger partial charge in [0.05, 0.1) is 11.1 Å². The van der Waals surface area contributed by atoms with Crippen molar-refractivity contribution in [2.24, 2.45) is 5.84 Å². The fraction of sp³-hybridized carbons (Fsp3) is 0.182. The van der Waals surface area contributed by atoms with Gasteiger partial charge in [-0.15, -0.1) is 0 Å². The van der Waals surface area contributed by atoms with Gasteiger partial charge >= 0.3 is 0 Å². The third kappa shape index (κ3) is 1.61. The van der Waals surface area contributed by atoms with Gasteiger partial charge in [0.15, 0.2) is 11.6 Å². The molecule has 0 saturated carbocycles. The maximum absolute atomic E-state index is 13.6. The van der Waals surface area contributed by atoms with E-state index >= 15 is 0 Å². The number of hydrogen-bond donors (Lipinski definition) is 2. The summed E-state index contributed by atoms with van der Waals surface area (Å²) >= 11 is 0. The number of hydrogen-bond acceptors (Lipinski definition) is 3. The van der Waals surface area contributed by atoms with Crippen LogP contribution in [0.3, 0.4) is 0 Å². The molecule has 0 aliphatic carbocycles. The van der Waals surface area contributed by atoms with Crippen LogP contribution in [0.5, 0.6) is 0 Å². The highest BCUT2D eigenvalue weighted by Gasteiger charge is 2.19. The number of rotatable bonds is 1. The van der Waals surface area contributed by atoms with Crippen molar-refractivity contribution < 1.29 is 13.2 Å². The molecule has 1 heterocycles. The molecule has 2 aromatic rings. The van der Waals surface area contributed by atoms with E-state index in [1.54, 1.807) is 13.8 Å². The molecular weight excluding hydrogens is 231 g/mol. The summed E-state index contributed by atoms with van der Waals surface area (Å²) in [6.45, 7) is 3.27. The van der Waals surface area contributed by atoms with Gasteiger partial charge in [-0.2, -0.15) is 0 Å². The Morgan fingerprint density at radius 3 is 2.41 bits per heavy atom. The number of pyridine rings is 1. The quantitative estimate of drug-likeness (QED) is 0.458. The summed E-state index contributed by atoms with van der Waals surface area (Å²) in [6.07, 6.45) is 0. The monoisotopic (exact) mass is 241 g/mol. The van der Waals surface area contributed by atoms with E-state index in [9.17, 15) is 13.2 Å². The number of nitrogens with one attached hydrogen (secondary N) is 1. The molecule has 17 heavy (non-hydrogen) atoms. The predicted molar refractivity (Wildman–Crippen MR) is 58.9 cm³/mol. The van der Waals surface area contributed by atoms with Gasteiger partial charge in [0.25, 0.3) is 0 Å². The van der Waals surface area contributed by atoms with Crippen LogP contribution in [0.25, 0.3) is 10.9 Å². The van der Waals surface area contributed by atoms with Crippen molar-refractivity contribution in [3.05, 3.63) is 34.8 Å². The number of aryl methyl sites for hydroxylation is 1. The Labute approximate surface area is 95.4 Å². The van der Waals surface area contributed by atoms with Gasteiger partial charge < -0.3 is 5.43 Å². The van der Waals surface area contributed by atoms with Gasteiger partial charge in [-0.05, 0) is 19.4 Å². The molecule has 0 aliphatic rings. The van der Waals surface area contributed by atoms with Gasteiger partial charge in [-0.25, -0.2) is 18.2 Å². The number of benzene rings is 1. The van der Waals surface area contributed by atoms with Crippen LogP contribution in [-0.2, 0) is 0 Å². The van der Waals surface area contributed by atoms with Gasteiger partial charge in [0, 0.05) is 11.8 Å². The molecule has 0 saturated heterocycles. The Morgan fingerprint density at radius 1 is 1.18 bits per heavy atom.